The molecule has 2 aromatic heterocycles. The van der Waals surface area contributed by atoms with E-state index in [0.29, 0.717) is 12.5 Å². The smallest absolute Gasteiger partial charge is 0.236 e. The van der Waals surface area contributed by atoms with Gasteiger partial charge in [0.1, 0.15) is 18.6 Å². The molecule has 0 amide bonds. The fourth-order valence-electron chi connectivity index (χ4n) is 2.08. The minimum Gasteiger partial charge on any atom is -0.492 e. The summed E-state index contributed by atoms with van der Waals surface area (Å²) in [5, 5.41) is 2.02. The van der Waals surface area contributed by atoms with Gasteiger partial charge >= 0.3 is 0 Å². The molecule has 2 heterocycles. The molecule has 22 heavy (non-hydrogen) atoms. The molecule has 0 atom stereocenters. The molecule has 0 fully saturated rings. The summed E-state index contributed by atoms with van der Waals surface area (Å²) in [6.07, 6.45) is 1.73. The molecule has 3 aromatic rings. The molecule has 0 aliphatic heterocycles. The number of oxazole rings is 1. The number of para-hydroxylation sites is 1. The first-order valence-corrected chi connectivity index (χ1v) is 8.04. The Bertz CT molecular complexity index is 680. The van der Waals surface area contributed by atoms with Crippen LogP contribution in [0.3, 0.4) is 0 Å². The number of likely N-dealkylation sites (N-methyl/N-ethyl adjacent to an activating group) is 1. The number of rotatable bonds is 7. The molecule has 3 rings (SSSR count). The van der Waals surface area contributed by atoms with E-state index in [1.165, 1.54) is 0 Å². The second kappa shape index (κ2) is 7.24. The number of nitrogens with zero attached hydrogens (tertiary/aromatic N) is 2. The first-order valence-electron chi connectivity index (χ1n) is 7.16. The van der Waals surface area contributed by atoms with Crippen molar-refractivity contribution in [2.24, 2.45) is 0 Å². The maximum Gasteiger partial charge on any atom is 0.236 e. The molecular weight excluding hydrogens is 296 g/mol. The summed E-state index contributed by atoms with van der Waals surface area (Å²) in [5.74, 6) is 1.59. The second-order valence-electron chi connectivity index (χ2n) is 5.02. The largest absolute Gasteiger partial charge is 0.492 e. The summed E-state index contributed by atoms with van der Waals surface area (Å²) < 4.78 is 11.2. The summed E-state index contributed by atoms with van der Waals surface area (Å²) >= 11 is 1.63. The molecule has 114 valence electrons. The van der Waals surface area contributed by atoms with Crippen LogP contribution < -0.4 is 4.74 Å². The molecule has 1 aromatic carbocycles. The van der Waals surface area contributed by atoms with Crippen molar-refractivity contribution in [3.63, 3.8) is 0 Å². The van der Waals surface area contributed by atoms with Crippen LogP contribution in [0.4, 0.5) is 0 Å². The van der Waals surface area contributed by atoms with Crippen molar-refractivity contribution < 1.29 is 9.15 Å². The summed E-state index contributed by atoms with van der Waals surface area (Å²) in [4.78, 5) is 7.74. The van der Waals surface area contributed by atoms with E-state index in [9.17, 15) is 0 Å². The standard InChI is InChI=1S/C17H18N2O2S/c1-19(9-10-20-15-6-3-2-4-7-15)12-14-13-21-17(18-14)16-8-5-11-22-16/h2-8,11,13H,9-10,12H2,1H3. The third-order valence-corrected chi connectivity index (χ3v) is 4.06. The SMILES string of the molecule is CN(CCOc1ccccc1)Cc1coc(-c2cccs2)n1. The van der Waals surface area contributed by atoms with Crippen LogP contribution >= 0.6 is 11.3 Å². The number of benzene rings is 1. The number of hydrogen-bond donors (Lipinski definition) is 0. The van der Waals surface area contributed by atoms with Gasteiger partial charge in [-0.1, -0.05) is 24.3 Å². The van der Waals surface area contributed by atoms with E-state index in [1.807, 2.05) is 54.9 Å². The molecule has 0 saturated heterocycles. The Hall–Kier alpha value is -2.11. The summed E-state index contributed by atoms with van der Waals surface area (Å²) in [6.45, 7) is 2.22. The van der Waals surface area contributed by atoms with Crippen molar-refractivity contribution in [2.75, 3.05) is 20.2 Å². The van der Waals surface area contributed by atoms with E-state index in [-0.39, 0.29) is 0 Å². The van der Waals surface area contributed by atoms with Gasteiger partial charge in [0.05, 0.1) is 10.6 Å². The van der Waals surface area contributed by atoms with E-state index < -0.39 is 0 Å². The van der Waals surface area contributed by atoms with E-state index in [2.05, 4.69) is 9.88 Å². The lowest BCUT2D eigenvalue weighted by Gasteiger charge is -2.15. The Morgan fingerprint density at radius 1 is 1.18 bits per heavy atom. The zero-order valence-corrected chi connectivity index (χ0v) is 13.3. The van der Waals surface area contributed by atoms with Crippen LogP contribution in [-0.2, 0) is 6.54 Å². The van der Waals surface area contributed by atoms with Crippen molar-refractivity contribution in [1.29, 1.82) is 0 Å². The zero-order chi connectivity index (χ0) is 15.2. The van der Waals surface area contributed by atoms with Crippen LogP contribution in [0.15, 0.2) is 58.5 Å². The Morgan fingerprint density at radius 2 is 2.05 bits per heavy atom. The van der Waals surface area contributed by atoms with Gasteiger partial charge < -0.3 is 9.15 Å². The minimum atomic E-state index is 0.649. The molecule has 0 aliphatic rings. The van der Waals surface area contributed by atoms with Crippen LogP contribution in [0.2, 0.25) is 0 Å². The molecule has 0 radical (unpaired) electrons. The molecule has 0 N–H and O–H groups in total. The Morgan fingerprint density at radius 3 is 2.82 bits per heavy atom. The highest BCUT2D eigenvalue weighted by atomic mass is 32.1. The highest BCUT2D eigenvalue weighted by molar-refractivity contribution is 7.13. The molecular formula is C17H18N2O2S. The Balaban J connectivity index is 1.46. The summed E-state index contributed by atoms with van der Waals surface area (Å²) in [6, 6.07) is 13.9. The van der Waals surface area contributed by atoms with Crippen molar-refractivity contribution in [3.8, 4) is 16.5 Å². The fraction of sp³-hybridized carbons (Fsp3) is 0.235. The lowest BCUT2D eigenvalue weighted by atomic mass is 10.3. The van der Waals surface area contributed by atoms with E-state index in [4.69, 9.17) is 9.15 Å². The minimum absolute atomic E-state index is 0.649. The quantitative estimate of drug-likeness (QED) is 0.662. The highest BCUT2D eigenvalue weighted by Gasteiger charge is 2.09. The third-order valence-electron chi connectivity index (χ3n) is 3.20. The van der Waals surface area contributed by atoms with Gasteiger partial charge in [-0.05, 0) is 30.6 Å². The van der Waals surface area contributed by atoms with E-state index in [1.54, 1.807) is 17.6 Å². The lowest BCUT2D eigenvalue weighted by Crippen LogP contribution is -2.24. The van der Waals surface area contributed by atoms with Gasteiger partial charge in [-0.2, -0.15) is 0 Å². The number of aromatic nitrogens is 1. The summed E-state index contributed by atoms with van der Waals surface area (Å²) in [7, 11) is 2.05. The average molecular weight is 314 g/mol. The van der Waals surface area contributed by atoms with E-state index >= 15 is 0 Å². The topological polar surface area (TPSA) is 38.5 Å². The fourth-order valence-corrected chi connectivity index (χ4v) is 2.74. The van der Waals surface area contributed by atoms with Crippen LogP contribution in [0.25, 0.3) is 10.8 Å². The highest BCUT2D eigenvalue weighted by Crippen LogP contribution is 2.23. The van der Waals surface area contributed by atoms with Gasteiger partial charge in [0.25, 0.3) is 0 Å². The third kappa shape index (κ3) is 3.96. The van der Waals surface area contributed by atoms with Crippen LogP contribution in [0.5, 0.6) is 5.75 Å². The predicted molar refractivity (Wildman–Crippen MR) is 88.1 cm³/mol. The maximum atomic E-state index is 5.69. The van der Waals surface area contributed by atoms with Crippen molar-refractivity contribution in [2.45, 2.75) is 6.54 Å². The van der Waals surface area contributed by atoms with Gasteiger partial charge in [0.15, 0.2) is 0 Å². The molecule has 0 bridgehead atoms. The van der Waals surface area contributed by atoms with Crippen LogP contribution in [0, 0.1) is 0 Å². The maximum absolute atomic E-state index is 5.69. The first kappa shape index (κ1) is 14.8. The predicted octanol–water partition coefficient (Wildman–Crippen LogP) is 3.91. The van der Waals surface area contributed by atoms with Gasteiger partial charge in [-0.25, -0.2) is 4.98 Å². The zero-order valence-electron chi connectivity index (χ0n) is 12.4. The molecule has 0 unspecified atom stereocenters. The number of hydrogen-bond acceptors (Lipinski definition) is 5. The van der Waals surface area contributed by atoms with Gasteiger partial charge in [0.2, 0.25) is 5.89 Å². The van der Waals surface area contributed by atoms with Gasteiger partial charge in [-0.15, -0.1) is 11.3 Å². The van der Waals surface area contributed by atoms with Crippen LogP contribution in [-0.4, -0.2) is 30.1 Å². The van der Waals surface area contributed by atoms with Gasteiger partial charge in [-0.3, -0.25) is 4.90 Å². The normalized spacial score (nSPS) is 11.0. The molecule has 0 spiro atoms. The summed E-state index contributed by atoms with van der Waals surface area (Å²) in [5.41, 5.74) is 0.936. The van der Waals surface area contributed by atoms with Crippen LogP contribution in [0.1, 0.15) is 5.69 Å². The monoisotopic (exact) mass is 314 g/mol. The van der Waals surface area contributed by atoms with Crippen molar-refractivity contribution in [3.05, 3.63) is 59.8 Å². The molecule has 5 heteroatoms. The molecule has 0 saturated carbocycles. The van der Waals surface area contributed by atoms with Gasteiger partial charge in [0, 0.05) is 13.1 Å². The molecule has 4 nitrogen and oxygen atoms in total. The van der Waals surface area contributed by atoms with Crippen molar-refractivity contribution >= 4 is 11.3 Å². The van der Waals surface area contributed by atoms with Crippen molar-refractivity contribution in [1.82, 2.24) is 9.88 Å². The molecule has 0 aliphatic carbocycles. The first-order chi connectivity index (χ1) is 10.8. The Kier molecular flexibility index (Phi) is 4.88. The number of thiophene rings is 1. The second-order valence-corrected chi connectivity index (χ2v) is 5.97. The Labute approximate surface area is 134 Å². The van der Waals surface area contributed by atoms with E-state index in [0.717, 1.165) is 29.4 Å². The number of ether oxygens (including phenoxy) is 1. The lowest BCUT2D eigenvalue weighted by molar-refractivity contribution is 0.231. The average Bonchev–Trinajstić information content (AvgIpc) is 3.19.